The van der Waals surface area contributed by atoms with Crippen molar-refractivity contribution in [2.45, 2.75) is 20.0 Å². The van der Waals surface area contributed by atoms with Crippen LogP contribution in [0.3, 0.4) is 0 Å². The van der Waals surface area contributed by atoms with E-state index < -0.39 is 10.9 Å². The summed E-state index contributed by atoms with van der Waals surface area (Å²) in [6.45, 7) is 3.37. The van der Waals surface area contributed by atoms with Gasteiger partial charge >= 0.3 is 11.7 Å². The van der Waals surface area contributed by atoms with Crippen LogP contribution in [-0.4, -0.2) is 22.0 Å². The molecule has 0 atom stereocenters. The first kappa shape index (κ1) is 11.9. The topological polar surface area (TPSA) is 108 Å². The molecule has 0 aromatic carbocycles. The lowest BCUT2D eigenvalue weighted by Gasteiger charge is -2.07. The van der Waals surface area contributed by atoms with Gasteiger partial charge in [-0.25, -0.2) is 9.78 Å². The third-order valence-corrected chi connectivity index (χ3v) is 1.66. The number of esters is 1. The Balaban J connectivity index is 2.97. The molecule has 16 heavy (non-hydrogen) atoms. The molecule has 0 fully saturated rings. The maximum Gasteiger partial charge on any atom is 0.357 e. The molecule has 0 saturated heterocycles. The number of anilines is 1. The lowest BCUT2D eigenvalue weighted by molar-refractivity contribution is -0.384. The zero-order chi connectivity index (χ0) is 12.3. The normalized spacial score (nSPS) is 10.2. The van der Waals surface area contributed by atoms with Gasteiger partial charge in [0.15, 0.2) is 5.69 Å². The summed E-state index contributed by atoms with van der Waals surface area (Å²) in [6, 6.07) is 1.13. The number of carbonyl (C=O) groups excluding carboxylic acids is 1. The number of nitro groups is 1. The summed E-state index contributed by atoms with van der Waals surface area (Å²) in [5.41, 5.74) is 4.91. The number of nitrogens with two attached hydrogens (primary N) is 1. The van der Waals surface area contributed by atoms with E-state index in [1.165, 1.54) is 0 Å². The lowest BCUT2D eigenvalue weighted by atomic mass is 10.3. The maximum absolute atomic E-state index is 11.4. The smallest absolute Gasteiger partial charge is 0.357 e. The molecular formula is C9H11N3O4. The van der Waals surface area contributed by atoms with Gasteiger partial charge in [0.05, 0.1) is 11.0 Å². The van der Waals surface area contributed by atoms with E-state index in [-0.39, 0.29) is 23.2 Å². The van der Waals surface area contributed by atoms with E-state index in [2.05, 4.69) is 4.98 Å². The number of pyridine rings is 1. The highest BCUT2D eigenvalue weighted by molar-refractivity contribution is 5.89. The third kappa shape index (κ3) is 2.66. The lowest BCUT2D eigenvalue weighted by Crippen LogP contribution is -2.13. The van der Waals surface area contributed by atoms with Gasteiger partial charge in [-0.1, -0.05) is 0 Å². The van der Waals surface area contributed by atoms with E-state index in [0.29, 0.717) is 0 Å². The van der Waals surface area contributed by atoms with E-state index in [1.54, 1.807) is 13.8 Å². The highest BCUT2D eigenvalue weighted by atomic mass is 16.6. The van der Waals surface area contributed by atoms with E-state index in [0.717, 1.165) is 12.3 Å². The van der Waals surface area contributed by atoms with Crippen molar-refractivity contribution < 1.29 is 14.5 Å². The Hall–Kier alpha value is -2.18. The van der Waals surface area contributed by atoms with Crippen LogP contribution in [0.25, 0.3) is 0 Å². The van der Waals surface area contributed by atoms with E-state index in [4.69, 9.17) is 10.5 Å². The zero-order valence-electron chi connectivity index (χ0n) is 8.84. The number of rotatable bonds is 3. The van der Waals surface area contributed by atoms with Crippen molar-refractivity contribution in [2.75, 3.05) is 5.73 Å². The number of nitrogens with zero attached hydrogens (tertiary/aromatic N) is 2. The first-order chi connectivity index (χ1) is 7.41. The van der Waals surface area contributed by atoms with Crippen molar-refractivity contribution in [3.63, 3.8) is 0 Å². The standard InChI is InChI=1S/C9H11N3O4/c1-5(2)16-9(13)7-3-6(10)8(4-11-7)12(14)15/h3-5H,1-2H3,(H2,10,11). The Labute approximate surface area is 91.4 Å². The molecule has 0 bridgehead atoms. The van der Waals surface area contributed by atoms with E-state index >= 15 is 0 Å². The summed E-state index contributed by atoms with van der Waals surface area (Å²) in [5, 5.41) is 10.5. The molecule has 0 spiro atoms. The largest absolute Gasteiger partial charge is 0.458 e. The van der Waals surface area contributed by atoms with Crippen LogP contribution in [0.5, 0.6) is 0 Å². The third-order valence-electron chi connectivity index (χ3n) is 1.66. The minimum atomic E-state index is -0.667. The molecule has 1 rings (SSSR count). The predicted octanol–water partition coefficient (Wildman–Crippen LogP) is 1.14. The van der Waals surface area contributed by atoms with Crippen molar-refractivity contribution >= 4 is 17.3 Å². The maximum atomic E-state index is 11.4. The van der Waals surface area contributed by atoms with Gasteiger partial charge in [0.2, 0.25) is 0 Å². The molecule has 1 heterocycles. The Bertz CT molecular complexity index is 431. The fourth-order valence-electron chi connectivity index (χ4n) is 1.00. The second-order valence-corrected chi connectivity index (χ2v) is 3.34. The average molecular weight is 225 g/mol. The van der Waals surface area contributed by atoms with Gasteiger partial charge in [-0.05, 0) is 13.8 Å². The molecule has 7 heteroatoms. The molecule has 1 aromatic rings. The van der Waals surface area contributed by atoms with Gasteiger partial charge in [0.25, 0.3) is 0 Å². The second kappa shape index (κ2) is 4.56. The van der Waals surface area contributed by atoms with Crippen molar-refractivity contribution in [2.24, 2.45) is 0 Å². The first-order valence-electron chi connectivity index (χ1n) is 4.52. The van der Waals surface area contributed by atoms with Gasteiger partial charge in [-0.2, -0.15) is 0 Å². The van der Waals surface area contributed by atoms with Crippen LogP contribution in [0.4, 0.5) is 11.4 Å². The Kier molecular flexibility index (Phi) is 3.39. The van der Waals surface area contributed by atoms with Gasteiger partial charge < -0.3 is 10.5 Å². The van der Waals surface area contributed by atoms with Crippen molar-refractivity contribution in [3.05, 3.63) is 28.1 Å². The Morgan fingerprint density at radius 3 is 2.69 bits per heavy atom. The highest BCUT2D eigenvalue weighted by Crippen LogP contribution is 2.20. The zero-order valence-corrected chi connectivity index (χ0v) is 8.84. The predicted molar refractivity (Wildman–Crippen MR) is 55.9 cm³/mol. The fraction of sp³-hybridized carbons (Fsp3) is 0.333. The number of ether oxygens (including phenoxy) is 1. The summed E-state index contributed by atoms with van der Waals surface area (Å²) < 4.78 is 4.86. The molecule has 1 aromatic heterocycles. The number of aromatic nitrogens is 1. The van der Waals surface area contributed by atoms with Crippen molar-refractivity contribution in [1.29, 1.82) is 0 Å². The monoisotopic (exact) mass is 225 g/mol. The van der Waals surface area contributed by atoms with E-state index in [1.807, 2.05) is 0 Å². The molecule has 7 nitrogen and oxygen atoms in total. The van der Waals surface area contributed by atoms with Crippen LogP contribution in [0.1, 0.15) is 24.3 Å². The molecule has 86 valence electrons. The van der Waals surface area contributed by atoms with Crippen molar-refractivity contribution in [3.8, 4) is 0 Å². The van der Waals surface area contributed by atoms with Crippen LogP contribution in [0, 0.1) is 10.1 Å². The van der Waals surface area contributed by atoms with Gasteiger partial charge in [0, 0.05) is 6.07 Å². The molecule has 2 N–H and O–H groups in total. The van der Waals surface area contributed by atoms with Gasteiger partial charge in [0.1, 0.15) is 11.9 Å². The molecule has 0 aliphatic rings. The molecular weight excluding hydrogens is 214 g/mol. The minimum Gasteiger partial charge on any atom is -0.458 e. The minimum absolute atomic E-state index is 0.0446. The summed E-state index contributed by atoms with van der Waals surface area (Å²) in [5.74, 6) is -0.656. The van der Waals surface area contributed by atoms with Crippen LogP contribution >= 0.6 is 0 Å². The van der Waals surface area contributed by atoms with Gasteiger partial charge in [-0.3, -0.25) is 10.1 Å². The number of hydrogen-bond donors (Lipinski definition) is 1. The number of nitrogen functional groups attached to an aromatic ring is 1. The summed E-state index contributed by atoms with van der Waals surface area (Å²) in [7, 11) is 0. The van der Waals surface area contributed by atoms with Crippen molar-refractivity contribution in [1.82, 2.24) is 4.98 Å². The van der Waals surface area contributed by atoms with Crippen LogP contribution < -0.4 is 5.73 Å². The average Bonchev–Trinajstić information content (AvgIpc) is 2.15. The van der Waals surface area contributed by atoms with E-state index in [9.17, 15) is 14.9 Å². The Morgan fingerprint density at radius 2 is 2.25 bits per heavy atom. The summed E-state index contributed by atoms with van der Waals surface area (Å²) in [4.78, 5) is 24.8. The molecule has 0 aliphatic heterocycles. The van der Waals surface area contributed by atoms with Crippen LogP contribution in [0.15, 0.2) is 12.3 Å². The van der Waals surface area contributed by atoms with Crippen LogP contribution in [-0.2, 0) is 4.74 Å². The summed E-state index contributed by atoms with van der Waals surface area (Å²) >= 11 is 0. The molecule has 0 amide bonds. The molecule has 0 saturated carbocycles. The number of carbonyl (C=O) groups is 1. The Morgan fingerprint density at radius 1 is 1.62 bits per heavy atom. The van der Waals surface area contributed by atoms with Gasteiger partial charge in [-0.15, -0.1) is 0 Å². The highest BCUT2D eigenvalue weighted by Gasteiger charge is 2.17. The SMILES string of the molecule is CC(C)OC(=O)c1cc(N)c([N+](=O)[O-])cn1. The molecule has 0 radical (unpaired) electrons. The fourth-order valence-corrected chi connectivity index (χ4v) is 1.00. The second-order valence-electron chi connectivity index (χ2n) is 3.34. The quantitative estimate of drug-likeness (QED) is 0.469. The molecule has 0 aliphatic carbocycles. The number of hydrogen-bond acceptors (Lipinski definition) is 6. The molecule has 0 unspecified atom stereocenters. The first-order valence-corrected chi connectivity index (χ1v) is 4.52. The summed E-state index contributed by atoms with van der Waals surface area (Å²) in [6.07, 6.45) is 0.650. The van der Waals surface area contributed by atoms with Crippen LogP contribution in [0.2, 0.25) is 0 Å².